The fourth-order valence-corrected chi connectivity index (χ4v) is 3.73. The van der Waals surface area contributed by atoms with Gasteiger partial charge in [-0.1, -0.05) is 26.7 Å². The summed E-state index contributed by atoms with van der Waals surface area (Å²) in [6.45, 7) is 6.46. The Labute approximate surface area is 138 Å². The van der Waals surface area contributed by atoms with E-state index in [1.807, 2.05) is 13.8 Å². The number of sulfonamides is 1. The summed E-state index contributed by atoms with van der Waals surface area (Å²) in [5.41, 5.74) is 0.384. The second-order valence-electron chi connectivity index (χ2n) is 5.61. The minimum atomic E-state index is -3.78. The van der Waals surface area contributed by atoms with Gasteiger partial charge in [0.2, 0.25) is 10.0 Å². The van der Waals surface area contributed by atoms with Crippen LogP contribution in [0.15, 0.2) is 23.1 Å². The van der Waals surface area contributed by atoms with Gasteiger partial charge >= 0.3 is 5.97 Å². The first-order valence-electron chi connectivity index (χ1n) is 7.95. The van der Waals surface area contributed by atoms with E-state index in [9.17, 15) is 13.2 Å². The van der Waals surface area contributed by atoms with Gasteiger partial charge in [-0.25, -0.2) is 17.9 Å². The zero-order valence-corrected chi connectivity index (χ0v) is 14.7. The molecule has 0 aromatic heterocycles. The maximum absolute atomic E-state index is 12.6. The fourth-order valence-electron chi connectivity index (χ4n) is 2.24. The molecule has 0 aliphatic carbocycles. The second kappa shape index (κ2) is 8.88. The maximum atomic E-state index is 12.6. The number of carboxylic acid groups (broad SMARTS) is 1. The van der Waals surface area contributed by atoms with Gasteiger partial charge in [0, 0.05) is 12.6 Å². The molecule has 6 nitrogen and oxygen atoms in total. The number of benzene rings is 1. The first kappa shape index (κ1) is 19.4. The number of carboxylic acids is 1. The van der Waals surface area contributed by atoms with Crippen molar-refractivity contribution < 1.29 is 18.3 Å². The van der Waals surface area contributed by atoms with Gasteiger partial charge < -0.3 is 10.4 Å². The molecule has 130 valence electrons. The Morgan fingerprint density at radius 1 is 1.26 bits per heavy atom. The van der Waals surface area contributed by atoms with Crippen molar-refractivity contribution >= 4 is 21.7 Å². The molecule has 0 heterocycles. The molecule has 0 spiro atoms. The van der Waals surface area contributed by atoms with E-state index in [4.69, 9.17) is 5.11 Å². The zero-order valence-electron chi connectivity index (χ0n) is 13.9. The van der Waals surface area contributed by atoms with Gasteiger partial charge in [-0.2, -0.15) is 0 Å². The molecule has 1 unspecified atom stereocenters. The molecule has 0 radical (unpaired) electrons. The molecule has 0 aliphatic rings. The predicted molar refractivity (Wildman–Crippen MR) is 91.5 cm³/mol. The zero-order chi connectivity index (χ0) is 17.5. The van der Waals surface area contributed by atoms with Crippen LogP contribution in [0.5, 0.6) is 0 Å². The lowest BCUT2D eigenvalue weighted by Gasteiger charge is -2.17. The van der Waals surface area contributed by atoms with Crippen molar-refractivity contribution in [2.24, 2.45) is 0 Å². The Morgan fingerprint density at radius 3 is 2.52 bits per heavy atom. The normalized spacial score (nSPS) is 12.8. The summed E-state index contributed by atoms with van der Waals surface area (Å²) in [7, 11) is -3.78. The lowest BCUT2D eigenvalue weighted by atomic mass is 10.2. The van der Waals surface area contributed by atoms with Crippen molar-refractivity contribution in [1.29, 1.82) is 0 Å². The average molecular weight is 342 g/mol. The van der Waals surface area contributed by atoms with Crippen LogP contribution in [-0.4, -0.2) is 32.1 Å². The third kappa shape index (κ3) is 5.84. The summed E-state index contributed by atoms with van der Waals surface area (Å²) >= 11 is 0. The van der Waals surface area contributed by atoms with Gasteiger partial charge in [-0.05, 0) is 38.0 Å². The van der Waals surface area contributed by atoms with Gasteiger partial charge in [-0.3, -0.25) is 0 Å². The third-order valence-electron chi connectivity index (χ3n) is 3.44. The van der Waals surface area contributed by atoms with E-state index in [2.05, 4.69) is 10.0 Å². The van der Waals surface area contributed by atoms with Crippen molar-refractivity contribution in [3.8, 4) is 0 Å². The summed E-state index contributed by atoms with van der Waals surface area (Å²) in [5, 5.41) is 12.2. The van der Waals surface area contributed by atoms with Crippen LogP contribution in [0.4, 0.5) is 5.69 Å². The van der Waals surface area contributed by atoms with Crippen LogP contribution < -0.4 is 10.0 Å². The van der Waals surface area contributed by atoms with Crippen molar-refractivity contribution in [1.82, 2.24) is 4.72 Å². The molecule has 0 aliphatic heterocycles. The highest BCUT2D eigenvalue weighted by Crippen LogP contribution is 2.23. The van der Waals surface area contributed by atoms with E-state index in [1.165, 1.54) is 18.2 Å². The standard InChI is InChI=1S/C16H26N2O4S/c1-4-6-10-17-14-9-8-13(16(19)20)11-15(14)23(21,22)18-12(3)7-5-2/h8-9,11-12,17-18H,4-7,10H2,1-3H3,(H,19,20). The monoisotopic (exact) mass is 342 g/mol. The first-order chi connectivity index (χ1) is 10.8. The highest BCUT2D eigenvalue weighted by atomic mass is 32.2. The first-order valence-corrected chi connectivity index (χ1v) is 9.43. The van der Waals surface area contributed by atoms with Gasteiger partial charge in [0.05, 0.1) is 11.3 Å². The Bertz CT molecular complexity index is 629. The van der Waals surface area contributed by atoms with E-state index in [-0.39, 0.29) is 16.5 Å². The molecule has 1 aromatic carbocycles. The van der Waals surface area contributed by atoms with Crippen molar-refractivity contribution in [2.45, 2.75) is 57.4 Å². The van der Waals surface area contributed by atoms with E-state index in [1.54, 1.807) is 6.92 Å². The molecule has 3 N–H and O–H groups in total. The molecule has 1 atom stereocenters. The number of unbranched alkanes of at least 4 members (excludes halogenated alkanes) is 1. The summed E-state index contributed by atoms with van der Waals surface area (Å²) in [6, 6.07) is 3.92. The molecule has 7 heteroatoms. The van der Waals surface area contributed by atoms with Crippen LogP contribution in [0, 0.1) is 0 Å². The number of carbonyl (C=O) groups is 1. The number of anilines is 1. The Morgan fingerprint density at radius 2 is 1.96 bits per heavy atom. The van der Waals surface area contributed by atoms with E-state index < -0.39 is 16.0 Å². The van der Waals surface area contributed by atoms with E-state index >= 15 is 0 Å². The van der Waals surface area contributed by atoms with Crippen LogP contribution >= 0.6 is 0 Å². The van der Waals surface area contributed by atoms with Crippen LogP contribution in [0.1, 0.15) is 56.8 Å². The summed E-state index contributed by atoms with van der Waals surface area (Å²) in [5.74, 6) is -1.15. The van der Waals surface area contributed by atoms with Crippen LogP contribution in [-0.2, 0) is 10.0 Å². The molecule has 0 saturated heterocycles. The van der Waals surface area contributed by atoms with Crippen LogP contribution in [0.25, 0.3) is 0 Å². The Kier molecular flexibility index (Phi) is 7.51. The smallest absolute Gasteiger partial charge is 0.335 e. The number of hydrogen-bond donors (Lipinski definition) is 3. The molecule has 23 heavy (non-hydrogen) atoms. The Balaban J connectivity index is 3.16. The van der Waals surface area contributed by atoms with Gasteiger partial charge in [0.25, 0.3) is 0 Å². The molecule has 0 saturated carbocycles. The van der Waals surface area contributed by atoms with Gasteiger partial charge in [0.1, 0.15) is 4.90 Å². The van der Waals surface area contributed by atoms with E-state index in [0.29, 0.717) is 12.2 Å². The highest BCUT2D eigenvalue weighted by Gasteiger charge is 2.22. The van der Waals surface area contributed by atoms with Crippen molar-refractivity contribution in [2.75, 3.05) is 11.9 Å². The number of aromatic carboxylic acids is 1. The second-order valence-corrected chi connectivity index (χ2v) is 7.29. The molecule has 0 amide bonds. The lowest BCUT2D eigenvalue weighted by molar-refractivity contribution is 0.0696. The lowest BCUT2D eigenvalue weighted by Crippen LogP contribution is -2.33. The average Bonchev–Trinajstić information content (AvgIpc) is 2.47. The summed E-state index contributed by atoms with van der Waals surface area (Å²) in [6.07, 6.45) is 3.46. The Hall–Kier alpha value is -1.60. The van der Waals surface area contributed by atoms with Gasteiger partial charge in [-0.15, -0.1) is 0 Å². The topological polar surface area (TPSA) is 95.5 Å². The molecular weight excluding hydrogens is 316 g/mol. The number of nitrogens with one attached hydrogen (secondary N) is 2. The number of rotatable bonds is 10. The highest BCUT2D eigenvalue weighted by molar-refractivity contribution is 7.89. The molecule has 1 rings (SSSR count). The van der Waals surface area contributed by atoms with E-state index in [0.717, 1.165) is 25.7 Å². The summed E-state index contributed by atoms with van der Waals surface area (Å²) in [4.78, 5) is 11.1. The predicted octanol–water partition coefficient (Wildman–Crippen LogP) is 3.06. The third-order valence-corrected chi connectivity index (χ3v) is 5.07. The largest absolute Gasteiger partial charge is 0.478 e. The van der Waals surface area contributed by atoms with Crippen molar-refractivity contribution in [3.05, 3.63) is 23.8 Å². The summed E-state index contributed by atoms with van der Waals surface area (Å²) < 4.78 is 27.8. The molecule has 0 fully saturated rings. The van der Waals surface area contributed by atoms with Crippen LogP contribution in [0.2, 0.25) is 0 Å². The molecular formula is C16H26N2O4S. The number of hydrogen-bond acceptors (Lipinski definition) is 4. The minimum absolute atomic E-state index is 0.0172. The molecule has 1 aromatic rings. The van der Waals surface area contributed by atoms with Crippen molar-refractivity contribution in [3.63, 3.8) is 0 Å². The quantitative estimate of drug-likeness (QED) is 0.568. The molecule has 0 bridgehead atoms. The maximum Gasteiger partial charge on any atom is 0.335 e. The van der Waals surface area contributed by atoms with Crippen LogP contribution in [0.3, 0.4) is 0 Å². The fraction of sp³-hybridized carbons (Fsp3) is 0.562. The minimum Gasteiger partial charge on any atom is -0.478 e. The van der Waals surface area contributed by atoms with Gasteiger partial charge in [0.15, 0.2) is 0 Å². The SMILES string of the molecule is CCCCNc1ccc(C(=O)O)cc1S(=O)(=O)NC(C)CCC.